The van der Waals surface area contributed by atoms with E-state index in [0.29, 0.717) is 14.9 Å². The molecule has 3 atom stereocenters. The number of rotatable bonds is 4. The van der Waals surface area contributed by atoms with Crippen LogP contribution in [0.25, 0.3) is 0 Å². The minimum absolute atomic E-state index is 0.152. The van der Waals surface area contributed by atoms with E-state index in [-0.39, 0.29) is 11.5 Å². The van der Waals surface area contributed by atoms with Gasteiger partial charge in [-0.05, 0) is 19.4 Å². The molecule has 2 aliphatic rings. The summed E-state index contributed by atoms with van der Waals surface area (Å²) >= 11 is 2.32. The normalized spacial score (nSPS) is 27.4. The molecule has 1 unspecified atom stereocenters. The van der Waals surface area contributed by atoms with Crippen LogP contribution in [0.4, 0.5) is 0 Å². The zero-order valence-electron chi connectivity index (χ0n) is 15.8. The van der Waals surface area contributed by atoms with Gasteiger partial charge in [-0.1, -0.05) is 43.9 Å². The molecule has 0 N–H and O–H groups in total. The van der Waals surface area contributed by atoms with E-state index in [1.807, 2.05) is 0 Å². The van der Waals surface area contributed by atoms with Crippen LogP contribution in [0.5, 0.6) is 0 Å². The molecule has 3 rings (SSSR count). The lowest BCUT2D eigenvalue weighted by Crippen LogP contribution is -2.71. The number of amides is 1. The van der Waals surface area contributed by atoms with Crippen molar-refractivity contribution in [1.29, 1.82) is 0 Å². The first-order valence-corrected chi connectivity index (χ1v) is 11.5. The van der Waals surface area contributed by atoms with Gasteiger partial charge in [-0.15, -0.1) is 10.2 Å². The van der Waals surface area contributed by atoms with Crippen LogP contribution in [-0.2, 0) is 24.2 Å². The number of allylic oxidation sites excluding steroid dienone is 1. The van der Waals surface area contributed by atoms with E-state index in [0.717, 1.165) is 16.7 Å². The third-order valence-electron chi connectivity index (χ3n) is 4.46. The number of ether oxygens (including phenoxy) is 1. The first kappa shape index (κ1) is 20.4. The van der Waals surface area contributed by atoms with Crippen molar-refractivity contribution in [2.75, 3.05) is 7.11 Å². The Morgan fingerprint density at radius 2 is 1.89 bits per heavy atom. The largest absolute Gasteiger partial charge is 0.368 e. The molecule has 3 heterocycles. The van der Waals surface area contributed by atoms with Gasteiger partial charge in [-0.2, -0.15) is 0 Å². The SMILES string of the molecule is CO[C@H]1C(=O)N2C(C(=O)C(C)(C)C)=C(C)[C@@H](Sc3nnc(C)s3)S(=O)(=O)C12. The third kappa shape index (κ3) is 3.14. The number of nitrogens with zero attached hydrogens (tertiary/aromatic N) is 3. The molecule has 148 valence electrons. The highest BCUT2D eigenvalue weighted by atomic mass is 32.3. The number of thioether (sulfide) groups is 1. The monoisotopic (exact) mass is 431 g/mol. The molecule has 11 heteroatoms. The Hall–Kier alpha value is -1.30. The molecule has 1 saturated heterocycles. The van der Waals surface area contributed by atoms with Gasteiger partial charge < -0.3 is 4.74 Å². The summed E-state index contributed by atoms with van der Waals surface area (Å²) < 4.78 is 31.1. The van der Waals surface area contributed by atoms with Crippen molar-refractivity contribution < 1.29 is 22.7 Å². The molecule has 1 amide bonds. The lowest BCUT2D eigenvalue weighted by Gasteiger charge is -2.51. The summed E-state index contributed by atoms with van der Waals surface area (Å²) in [6.07, 6.45) is -1.11. The number of aryl methyl sites for hydroxylation is 1. The average Bonchev–Trinajstić information content (AvgIpc) is 2.96. The Kier molecular flexibility index (Phi) is 5.03. The molecule has 0 bridgehead atoms. The Morgan fingerprint density at radius 1 is 1.26 bits per heavy atom. The first-order chi connectivity index (χ1) is 12.4. The van der Waals surface area contributed by atoms with Gasteiger partial charge in [0.25, 0.3) is 5.91 Å². The van der Waals surface area contributed by atoms with Gasteiger partial charge in [0.1, 0.15) is 9.59 Å². The molecule has 1 fully saturated rings. The van der Waals surface area contributed by atoms with Crippen LogP contribution in [0.15, 0.2) is 15.6 Å². The number of hydrogen-bond donors (Lipinski definition) is 0. The molecular formula is C16H21N3O5S3. The highest BCUT2D eigenvalue weighted by Crippen LogP contribution is 2.47. The molecule has 0 spiro atoms. The number of carbonyl (C=O) groups is 2. The number of sulfone groups is 1. The van der Waals surface area contributed by atoms with Crippen LogP contribution < -0.4 is 0 Å². The van der Waals surface area contributed by atoms with Gasteiger partial charge in [-0.25, -0.2) is 8.42 Å². The van der Waals surface area contributed by atoms with E-state index < -0.39 is 37.2 Å². The third-order valence-corrected chi connectivity index (χ3v) is 9.66. The molecule has 0 saturated carbocycles. The Morgan fingerprint density at radius 3 is 2.37 bits per heavy atom. The van der Waals surface area contributed by atoms with E-state index in [1.165, 1.54) is 18.4 Å². The maximum Gasteiger partial charge on any atom is 0.260 e. The van der Waals surface area contributed by atoms with Crippen molar-refractivity contribution in [3.05, 3.63) is 16.3 Å². The maximum atomic E-state index is 13.2. The molecule has 1 aromatic rings. The number of ketones is 1. The van der Waals surface area contributed by atoms with Gasteiger partial charge in [0.15, 0.2) is 31.4 Å². The van der Waals surface area contributed by atoms with Crippen molar-refractivity contribution in [3.63, 3.8) is 0 Å². The Labute approximate surface area is 166 Å². The lowest BCUT2D eigenvalue weighted by atomic mass is 9.86. The van der Waals surface area contributed by atoms with Gasteiger partial charge in [0.05, 0.1) is 5.70 Å². The zero-order valence-corrected chi connectivity index (χ0v) is 18.3. The topological polar surface area (TPSA) is 107 Å². The van der Waals surface area contributed by atoms with Crippen LogP contribution >= 0.6 is 23.1 Å². The fourth-order valence-corrected chi connectivity index (χ4v) is 8.19. The summed E-state index contributed by atoms with van der Waals surface area (Å²) in [5.74, 6) is -0.782. The van der Waals surface area contributed by atoms with Crippen LogP contribution in [0.1, 0.15) is 32.7 Å². The van der Waals surface area contributed by atoms with E-state index in [2.05, 4.69) is 10.2 Å². The molecule has 0 radical (unpaired) electrons. The van der Waals surface area contributed by atoms with Gasteiger partial charge in [-0.3, -0.25) is 14.5 Å². The van der Waals surface area contributed by atoms with Crippen molar-refractivity contribution in [2.45, 2.75) is 55.0 Å². The fourth-order valence-electron chi connectivity index (χ4n) is 3.10. The predicted octanol–water partition coefficient (Wildman–Crippen LogP) is 1.77. The Balaban J connectivity index is 2.16. The number of β-lactam (4-membered cyclic amide) rings is 1. The summed E-state index contributed by atoms with van der Waals surface area (Å²) in [6.45, 7) is 8.58. The number of fused-ring (bicyclic) bond motifs is 1. The summed E-state index contributed by atoms with van der Waals surface area (Å²) in [5.41, 5.74) is -0.277. The molecule has 0 aliphatic carbocycles. The maximum absolute atomic E-state index is 13.2. The van der Waals surface area contributed by atoms with Crippen molar-refractivity contribution in [3.8, 4) is 0 Å². The summed E-state index contributed by atoms with van der Waals surface area (Å²) in [7, 11) is -2.54. The summed E-state index contributed by atoms with van der Waals surface area (Å²) in [4.78, 5) is 26.6. The Bertz CT molecular complexity index is 945. The summed E-state index contributed by atoms with van der Waals surface area (Å²) in [5, 5.41) is 7.43. The molecule has 0 aromatic carbocycles. The number of carbonyl (C=O) groups excluding carboxylic acids is 2. The highest BCUT2D eigenvalue weighted by Gasteiger charge is 2.63. The minimum atomic E-state index is -3.84. The number of methoxy groups -OCH3 is 1. The molecule has 27 heavy (non-hydrogen) atoms. The molecule has 2 aliphatic heterocycles. The predicted molar refractivity (Wildman–Crippen MR) is 102 cm³/mol. The summed E-state index contributed by atoms with van der Waals surface area (Å²) in [6, 6.07) is 0. The molecule has 1 aromatic heterocycles. The standard InChI is InChI=1S/C16H21N3O5S3/c1-7-9(11(20)16(3,4)5)19-12(21)10(24-6)13(19)27(22,23)14(7)26-15-18-17-8(2)25-15/h10,13-14H,1-6H3/t10-,13?,14-/m0/s1. The van der Waals surface area contributed by atoms with Gasteiger partial charge in [0.2, 0.25) is 0 Å². The number of Topliss-reactive ketones (excluding diaryl/α,β-unsaturated/α-hetero) is 1. The van der Waals surface area contributed by atoms with Gasteiger partial charge in [0, 0.05) is 12.5 Å². The smallest absolute Gasteiger partial charge is 0.260 e. The second kappa shape index (κ2) is 6.64. The van der Waals surface area contributed by atoms with Crippen LogP contribution in [0.2, 0.25) is 0 Å². The van der Waals surface area contributed by atoms with E-state index in [9.17, 15) is 18.0 Å². The van der Waals surface area contributed by atoms with Crippen LogP contribution in [0.3, 0.4) is 0 Å². The van der Waals surface area contributed by atoms with Crippen LogP contribution in [-0.4, -0.2) is 58.4 Å². The van der Waals surface area contributed by atoms with Crippen molar-refractivity contribution in [2.24, 2.45) is 5.41 Å². The quantitative estimate of drug-likeness (QED) is 0.664. The van der Waals surface area contributed by atoms with E-state index in [4.69, 9.17) is 4.74 Å². The zero-order chi connectivity index (χ0) is 20.3. The highest BCUT2D eigenvalue weighted by molar-refractivity contribution is 8.14. The van der Waals surface area contributed by atoms with Crippen molar-refractivity contribution >= 4 is 44.6 Å². The lowest BCUT2D eigenvalue weighted by molar-refractivity contribution is -0.161. The number of hydrogen-bond acceptors (Lipinski definition) is 9. The van der Waals surface area contributed by atoms with E-state index >= 15 is 0 Å². The second-order valence-electron chi connectivity index (χ2n) is 7.49. The number of aromatic nitrogens is 2. The van der Waals surface area contributed by atoms with Gasteiger partial charge >= 0.3 is 0 Å². The fraction of sp³-hybridized carbons (Fsp3) is 0.625. The average molecular weight is 432 g/mol. The van der Waals surface area contributed by atoms with Crippen LogP contribution in [0, 0.1) is 12.3 Å². The van der Waals surface area contributed by atoms with E-state index in [1.54, 1.807) is 34.6 Å². The molecule has 8 nitrogen and oxygen atoms in total. The first-order valence-electron chi connectivity index (χ1n) is 8.22. The van der Waals surface area contributed by atoms with Crippen molar-refractivity contribution in [1.82, 2.24) is 15.1 Å². The second-order valence-corrected chi connectivity index (χ2v) is 12.5. The minimum Gasteiger partial charge on any atom is -0.368 e. The molecular weight excluding hydrogens is 410 g/mol.